The minimum Gasteiger partial charge on any atom is -0.477 e. The number of amides is 1. The van der Waals surface area contributed by atoms with E-state index in [0.29, 0.717) is 36.5 Å². The Kier molecular flexibility index (Phi) is 4.76. The largest absolute Gasteiger partial charge is 0.477 e. The van der Waals surface area contributed by atoms with Gasteiger partial charge in [-0.3, -0.25) is 15.1 Å². The number of carboxylic acids is 1. The van der Waals surface area contributed by atoms with E-state index in [1.54, 1.807) is 7.05 Å². The molecule has 130 valence electrons. The van der Waals surface area contributed by atoms with Gasteiger partial charge in [0.2, 0.25) is 5.91 Å². The molecule has 24 heavy (non-hydrogen) atoms. The second-order valence-electron chi connectivity index (χ2n) is 5.64. The van der Waals surface area contributed by atoms with Gasteiger partial charge >= 0.3 is 5.97 Å². The molecule has 0 aromatic carbocycles. The van der Waals surface area contributed by atoms with Crippen molar-refractivity contribution < 1.29 is 14.7 Å². The Morgan fingerprint density at radius 2 is 2.17 bits per heavy atom. The van der Waals surface area contributed by atoms with Crippen LogP contribution in [0, 0.1) is 5.41 Å². The lowest BCUT2D eigenvalue weighted by molar-refractivity contribution is -0.146. The minimum atomic E-state index is -1.15. The average molecular weight is 352 g/mol. The predicted octanol–water partition coefficient (Wildman–Crippen LogP) is -0.912. The Hall–Kier alpha value is -2.07. The number of piperazine rings is 1. The zero-order valence-electron chi connectivity index (χ0n) is 13.3. The molecule has 9 nitrogen and oxygen atoms in total. The molecule has 0 aromatic rings. The number of hydrogen-bond donors (Lipinski definition) is 4. The van der Waals surface area contributed by atoms with Crippen LogP contribution in [0.25, 0.3) is 0 Å². The van der Waals surface area contributed by atoms with Gasteiger partial charge in [-0.1, -0.05) is 0 Å². The number of rotatable bonds is 4. The first-order valence-corrected chi connectivity index (χ1v) is 8.79. The van der Waals surface area contributed by atoms with E-state index >= 15 is 0 Å². The summed E-state index contributed by atoms with van der Waals surface area (Å²) in [6.45, 7) is 2.86. The van der Waals surface area contributed by atoms with Crippen molar-refractivity contribution in [3.05, 3.63) is 11.3 Å². The van der Waals surface area contributed by atoms with Crippen LogP contribution in [0.3, 0.4) is 0 Å². The molecule has 2 fully saturated rings. The Bertz CT molecular complexity index is 640. The molecule has 1 atom stereocenters. The van der Waals surface area contributed by atoms with Crippen molar-refractivity contribution in [3.63, 3.8) is 0 Å². The lowest BCUT2D eigenvalue weighted by Gasteiger charge is -2.44. The van der Waals surface area contributed by atoms with E-state index in [9.17, 15) is 14.7 Å². The maximum Gasteiger partial charge on any atom is 0.353 e. The summed E-state index contributed by atoms with van der Waals surface area (Å²) >= 11 is 1.51. The topological polar surface area (TPSA) is 121 Å². The number of amidine groups is 1. The number of nitrogens with one attached hydrogen (secondary N) is 3. The molecule has 0 aromatic heterocycles. The van der Waals surface area contributed by atoms with Crippen molar-refractivity contribution in [1.82, 2.24) is 20.5 Å². The van der Waals surface area contributed by atoms with Crippen molar-refractivity contribution in [3.8, 4) is 0 Å². The second kappa shape index (κ2) is 6.81. The van der Waals surface area contributed by atoms with Gasteiger partial charge in [0.25, 0.3) is 0 Å². The Balaban J connectivity index is 1.98. The number of carbonyl (C=O) groups is 2. The van der Waals surface area contributed by atoms with Crippen LogP contribution in [0.2, 0.25) is 0 Å². The summed E-state index contributed by atoms with van der Waals surface area (Å²) in [5.41, 5.74) is 3.35. The zero-order valence-corrected chi connectivity index (χ0v) is 14.2. The number of fused-ring (bicyclic) bond motifs is 1. The van der Waals surface area contributed by atoms with Crippen molar-refractivity contribution >= 4 is 35.2 Å². The van der Waals surface area contributed by atoms with E-state index in [0.717, 1.165) is 13.1 Å². The first-order valence-electron chi connectivity index (χ1n) is 7.74. The van der Waals surface area contributed by atoms with E-state index < -0.39 is 5.97 Å². The molecular formula is C14H20N6O3S. The second-order valence-corrected chi connectivity index (χ2v) is 6.80. The number of β-lactam (4-membered cyclic amide) rings is 1. The summed E-state index contributed by atoms with van der Waals surface area (Å²) in [5.74, 6) is -0.739. The molecule has 3 aliphatic rings. The normalized spacial score (nSPS) is 24.5. The van der Waals surface area contributed by atoms with Gasteiger partial charge in [0.15, 0.2) is 0 Å². The standard InChI is InChI=1S/C14H20N6O3S/c1-16-18-11(13(15)19-4-2-17-3-5-19)8-7-24-10-6-9(21)20(10)12(8)14(22)23/h10,15-17H,2-7H2,1H3,(H,22,23). The van der Waals surface area contributed by atoms with Gasteiger partial charge in [-0.15, -0.1) is 11.8 Å². The summed E-state index contributed by atoms with van der Waals surface area (Å²) in [7, 11) is 1.61. The highest BCUT2D eigenvalue weighted by molar-refractivity contribution is 8.00. The first-order chi connectivity index (χ1) is 11.5. The van der Waals surface area contributed by atoms with Gasteiger partial charge in [-0.2, -0.15) is 5.10 Å². The fourth-order valence-electron chi connectivity index (χ4n) is 3.01. The molecule has 4 N–H and O–H groups in total. The first kappa shape index (κ1) is 16.8. The fraction of sp³-hybridized carbons (Fsp3) is 0.571. The van der Waals surface area contributed by atoms with Crippen LogP contribution in [-0.4, -0.2) is 82.7 Å². The molecule has 3 heterocycles. The van der Waals surface area contributed by atoms with Gasteiger partial charge < -0.3 is 20.7 Å². The minimum absolute atomic E-state index is 0.0381. The molecule has 0 saturated carbocycles. The number of hydrazone groups is 1. The number of thioether (sulfide) groups is 1. The molecule has 1 unspecified atom stereocenters. The lowest BCUT2D eigenvalue weighted by Crippen LogP contribution is -2.55. The van der Waals surface area contributed by atoms with Gasteiger partial charge in [-0.25, -0.2) is 4.79 Å². The van der Waals surface area contributed by atoms with Crippen LogP contribution in [0.1, 0.15) is 6.42 Å². The highest BCUT2D eigenvalue weighted by atomic mass is 32.2. The highest BCUT2D eigenvalue weighted by Gasteiger charge is 2.46. The van der Waals surface area contributed by atoms with Crippen LogP contribution >= 0.6 is 11.8 Å². The molecular weight excluding hydrogens is 332 g/mol. The summed E-state index contributed by atoms with van der Waals surface area (Å²) in [5, 5.41) is 25.4. The van der Waals surface area contributed by atoms with Gasteiger partial charge in [0.05, 0.1) is 11.8 Å². The van der Waals surface area contributed by atoms with E-state index in [-0.39, 0.29) is 22.8 Å². The van der Waals surface area contributed by atoms with Crippen molar-refractivity contribution in [1.29, 1.82) is 5.41 Å². The maximum atomic E-state index is 11.9. The quantitative estimate of drug-likeness (QED) is 0.224. The van der Waals surface area contributed by atoms with Crippen LogP contribution in [0.4, 0.5) is 0 Å². The Morgan fingerprint density at radius 3 is 2.75 bits per heavy atom. The Labute approximate surface area is 143 Å². The van der Waals surface area contributed by atoms with Crippen molar-refractivity contribution in [2.75, 3.05) is 39.0 Å². The molecule has 3 rings (SSSR count). The zero-order chi connectivity index (χ0) is 17.3. The van der Waals surface area contributed by atoms with Gasteiger partial charge in [0, 0.05) is 44.6 Å². The molecule has 3 aliphatic heterocycles. The monoisotopic (exact) mass is 352 g/mol. The van der Waals surface area contributed by atoms with Crippen molar-refractivity contribution in [2.24, 2.45) is 5.10 Å². The highest BCUT2D eigenvalue weighted by Crippen LogP contribution is 2.40. The van der Waals surface area contributed by atoms with Crippen molar-refractivity contribution in [2.45, 2.75) is 11.8 Å². The van der Waals surface area contributed by atoms with Gasteiger partial charge in [-0.05, 0) is 0 Å². The summed E-state index contributed by atoms with van der Waals surface area (Å²) in [6.07, 6.45) is 0.364. The van der Waals surface area contributed by atoms with Crippen LogP contribution in [-0.2, 0) is 9.59 Å². The van der Waals surface area contributed by atoms with Crippen LogP contribution < -0.4 is 10.7 Å². The molecule has 0 spiro atoms. The molecule has 0 aliphatic carbocycles. The van der Waals surface area contributed by atoms with Gasteiger partial charge in [0.1, 0.15) is 17.2 Å². The molecule has 10 heteroatoms. The van der Waals surface area contributed by atoms with E-state index in [2.05, 4.69) is 15.8 Å². The third-order valence-electron chi connectivity index (χ3n) is 4.22. The lowest BCUT2D eigenvalue weighted by atomic mass is 10.0. The van der Waals surface area contributed by atoms with E-state index in [4.69, 9.17) is 5.41 Å². The summed E-state index contributed by atoms with van der Waals surface area (Å²) in [6, 6.07) is 0. The average Bonchev–Trinajstić information content (AvgIpc) is 2.58. The fourth-order valence-corrected chi connectivity index (χ4v) is 4.27. The number of nitrogens with zero attached hydrogens (tertiary/aromatic N) is 3. The summed E-state index contributed by atoms with van der Waals surface area (Å²) in [4.78, 5) is 26.8. The molecule has 0 radical (unpaired) electrons. The third-order valence-corrected chi connectivity index (χ3v) is 5.44. The van der Waals surface area contributed by atoms with E-state index in [1.165, 1.54) is 16.7 Å². The predicted molar refractivity (Wildman–Crippen MR) is 91.0 cm³/mol. The molecule has 1 amide bonds. The number of carbonyl (C=O) groups excluding carboxylic acids is 1. The molecule has 2 saturated heterocycles. The van der Waals surface area contributed by atoms with Crippen LogP contribution in [0.5, 0.6) is 0 Å². The Morgan fingerprint density at radius 1 is 1.46 bits per heavy atom. The number of hydrogen-bond acceptors (Lipinski definition) is 7. The van der Waals surface area contributed by atoms with Crippen LogP contribution in [0.15, 0.2) is 16.4 Å². The number of aliphatic carboxylic acids is 1. The van der Waals surface area contributed by atoms with E-state index in [1.807, 2.05) is 4.90 Å². The summed E-state index contributed by atoms with van der Waals surface area (Å²) < 4.78 is 0. The number of carboxylic acid groups (broad SMARTS) is 1. The molecule has 0 bridgehead atoms. The SMILES string of the molecule is CNN=C(C(=N)N1CCNCC1)C1=C(C(=O)O)N2C(=O)CC2SC1. The smallest absolute Gasteiger partial charge is 0.353 e. The maximum absolute atomic E-state index is 11.9. The third kappa shape index (κ3) is 2.86.